The maximum atomic E-state index is 17.1. The minimum atomic E-state index is -2.89. The highest BCUT2D eigenvalue weighted by Crippen LogP contribution is 2.53. The normalized spacial score (nSPS) is 21.0. The maximum absolute atomic E-state index is 17.1. The number of halogens is 5. The van der Waals surface area contributed by atoms with E-state index >= 15 is 4.39 Å². The molecule has 7 rings (SSSR count). The Kier molecular flexibility index (Phi) is 8.07. The number of anilines is 2. The standard InChI is InChI=1S/C32H29ClF4N6O3S/c1-15-11-32(7-4-8-42(32)12-15)14-46-31-40-24-21-26(45-13-18(28(36)37)43(9-10-44-3)30(21)41-31)22(33)19(23(24)35)16-5-6-17(34)27-20(16)25(39-2)29(38)47-27/h5-6,18,28H,1,4,7-14,38H2,3H3/t18-,32+/m1/s1. The van der Waals surface area contributed by atoms with Gasteiger partial charge in [-0.05, 0) is 37.4 Å². The average molecular weight is 689 g/mol. The number of fused-ring (bicyclic) bond motifs is 2. The molecule has 0 radical (unpaired) electrons. The van der Waals surface area contributed by atoms with Crippen LogP contribution < -0.4 is 20.1 Å². The molecule has 15 heteroatoms. The fraction of sp³-hybridized carbons (Fsp3) is 0.406. The van der Waals surface area contributed by atoms with Crippen LogP contribution in [0.3, 0.4) is 0 Å². The van der Waals surface area contributed by atoms with Crippen molar-refractivity contribution in [2.45, 2.75) is 37.3 Å². The highest BCUT2D eigenvalue weighted by atomic mass is 35.5. The van der Waals surface area contributed by atoms with Crippen LogP contribution in [0.25, 0.3) is 37.0 Å². The van der Waals surface area contributed by atoms with Crippen molar-refractivity contribution in [2.75, 3.05) is 57.2 Å². The van der Waals surface area contributed by atoms with Gasteiger partial charge in [0.05, 0.1) is 38.8 Å². The van der Waals surface area contributed by atoms with Crippen molar-refractivity contribution in [1.82, 2.24) is 14.9 Å². The first-order valence-corrected chi connectivity index (χ1v) is 16.1. The van der Waals surface area contributed by atoms with Gasteiger partial charge in [-0.15, -0.1) is 11.3 Å². The molecule has 0 aliphatic carbocycles. The first-order chi connectivity index (χ1) is 22.6. The molecule has 2 aromatic heterocycles. The number of benzene rings is 2. The quantitative estimate of drug-likeness (QED) is 0.118. The van der Waals surface area contributed by atoms with Crippen LogP contribution in [0.15, 0.2) is 24.3 Å². The number of hydrogen-bond donors (Lipinski definition) is 1. The number of alkyl halides is 2. The second-order valence-corrected chi connectivity index (χ2v) is 13.4. The molecule has 0 spiro atoms. The number of rotatable bonds is 8. The Hall–Kier alpha value is -3.90. The third kappa shape index (κ3) is 5.02. The molecule has 0 saturated carbocycles. The summed E-state index contributed by atoms with van der Waals surface area (Å²) in [6.07, 6.45) is -0.328. The van der Waals surface area contributed by atoms with Crippen LogP contribution in [-0.2, 0) is 4.74 Å². The summed E-state index contributed by atoms with van der Waals surface area (Å²) in [6.45, 7) is 13.2. The average Bonchev–Trinajstić information content (AvgIpc) is 3.64. The van der Waals surface area contributed by atoms with Gasteiger partial charge in [-0.2, -0.15) is 9.97 Å². The summed E-state index contributed by atoms with van der Waals surface area (Å²) in [5.74, 6) is -1.76. The summed E-state index contributed by atoms with van der Waals surface area (Å²) in [7, 11) is 1.44. The number of nitrogens with zero attached hydrogens (tertiary/aromatic N) is 5. The van der Waals surface area contributed by atoms with E-state index in [1.807, 2.05) is 0 Å². The third-order valence-corrected chi connectivity index (χ3v) is 10.6. The zero-order chi connectivity index (χ0) is 33.2. The molecule has 2 aromatic carbocycles. The fourth-order valence-corrected chi connectivity index (χ4v) is 8.38. The number of methoxy groups -OCH3 is 1. The van der Waals surface area contributed by atoms with Gasteiger partial charge >= 0.3 is 6.01 Å². The van der Waals surface area contributed by atoms with Crippen LogP contribution in [0.2, 0.25) is 5.02 Å². The third-order valence-electron chi connectivity index (χ3n) is 9.22. The molecule has 3 aliphatic rings. The SMILES string of the molecule is [C-]#[N+]c1c(N)sc2c(F)ccc(-c3c(Cl)c4c5c(nc(OC[C@@]67CCCN6CC(=C)C7)nc5c3F)N(CCOC)[C@@H](C(F)F)CO4)c12. The molecule has 0 amide bonds. The smallest absolute Gasteiger partial charge is 0.319 e. The summed E-state index contributed by atoms with van der Waals surface area (Å²) in [5, 5.41) is -0.167. The number of hydrogen-bond acceptors (Lipinski definition) is 9. The lowest BCUT2D eigenvalue weighted by molar-refractivity contribution is 0.0830. The largest absolute Gasteiger partial charge is 0.489 e. The molecule has 2 fully saturated rings. The van der Waals surface area contributed by atoms with E-state index in [-0.39, 0.29) is 90.7 Å². The Labute approximate surface area is 276 Å². The van der Waals surface area contributed by atoms with Gasteiger partial charge in [-0.3, -0.25) is 4.90 Å². The molecule has 246 valence electrons. The topological polar surface area (TPSA) is 90.3 Å². The Morgan fingerprint density at radius 2 is 2.11 bits per heavy atom. The first-order valence-electron chi connectivity index (χ1n) is 14.9. The van der Waals surface area contributed by atoms with Crippen molar-refractivity contribution in [3.63, 3.8) is 0 Å². The molecule has 0 bridgehead atoms. The van der Waals surface area contributed by atoms with Gasteiger partial charge in [0.1, 0.15) is 36.4 Å². The Morgan fingerprint density at radius 3 is 2.85 bits per heavy atom. The van der Waals surface area contributed by atoms with E-state index in [0.717, 1.165) is 55.3 Å². The van der Waals surface area contributed by atoms with Gasteiger partial charge < -0.3 is 24.8 Å². The summed E-state index contributed by atoms with van der Waals surface area (Å²) >= 11 is 7.75. The van der Waals surface area contributed by atoms with Crippen LogP contribution in [0.4, 0.5) is 34.1 Å². The lowest BCUT2D eigenvalue weighted by Gasteiger charge is -2.32. The zero-order valence-electron chi connectivity index (χ0n) is 25.2. The van der Waals surface area contributed by atoms with E-state index in [9.17, 15) is 13.2 Å². The molecule has 2 saturated heterocycles. The molecule has 0 unspecified atom stereocenters. The van der Waals surface area contributed by atoms with E-state index in [1.54, 1.807) is 0 Å². The lowest BCUT2D eigenvalue weighted by Crippen LogP contribution is -2.46. The van der Waals surface area contributed by atoms with Crippen molar-refractivity contribution < 1.29 is 31.8 Å². The van der Waals surface area contributed by atoms with Crippen LogP contribution in [0.1, 0.15) is 19.3 Å². The van der Waals surface area contributed by atoms with Crippen molar-refractivity contribution >= 4 is 60.4 Å². The Morgan fingerprint density at radius 1 is 1.30 bits per heavy atom. The number of nitrogens with two attached hydrogens (primary N) is 1. The minimum absolute atomic E-state index is 0.0219. The predicted octanol–water partition coefficient (Wildman–Crippen LogP) is 7.23. The minimum Gasteiger partial charge on any atom is -0.489 e. The van der Waals surface area contributed by atoms with Gasteiger partial charge in [0.15, 0.2) is 11.6 Å². The lowest BCUT2D eigenvalue weighted by atomic mass is 9.94. The molecule has 5 heterocycles. The van der Waals surface area contributed by atoms with Gasteiger partial charge in [-0.25, -0.2) is 22.4 Å². The maximum Gasteiger partial charge on any atom is 0.319 e. The number of nitrogen functional groups attached to an aromatic ring is 1. The molecule has 2 N–H and O–H groups in total. The van der Waals surface area contributed by atoms with Crippen LogP contribution >= 0.6 is 22.9 Å². The number of aromatic nitrogens is 2. The summed E-state index contributed by atoms with van der Waals surface area (Å²) in [4.78, 5) is 16.1. The van der Waals surface area contributed by atoms with E-state index in [0.29, 0.717) is 0 Å². The Bertz CT molecular complexity index is 1990. The first kappa shape index (κ1) is 31.7. The van der Waals surface area contributed by atoms with Crippen LogP contribution in [-0.4, -0.2) is 79.4 Å². The predicted molar refractivity (Wildman–Crippen MR) is 173 cm³/mol. The number of ether oxygens (including phenoxy) is 3. The van der Waals surface area contributed by atoms with Gasteiger partial charge in [0.25, 0.3) is 6.43 Å². The van der Waals surface area contributed by atoms with E-state index in [1.165, 1.54) is 18.1 Å². The van der Waals surface area contributed by atoms with E-state index < -0.39 is 30.7 Å². The molecule has 47 heavy (non-hydrogen) atoms. The summed E-state index contributed by atoms with van der Waals surface area (Å²) < 4.78 is 78.6. The molecule has 2 atom stereocenters. The number of thiophene rings is 1. The highest BCUT2D eigenvalue weighted by molar-refractivity contribution is 7.23. The zero-order valence-corrected chi connectivity index (χ0v) is 26.8. The van der Waals surface area contributed by atoms with Crippen molar-refractivity contribution in [3.8, 4) is 22.9 Å². The fourth-order valence-electron chi connectivity index (χ4n) is 7.10. The molecular formula is C32H29ClF4N6O3S. The molecule has 4 aromatic rings. The van der Waals surface area contributed by atoms with Crippen molar-refractivity contribution in [1.29, 1.82) is 0 Å². The molecule has 3 aliphatic heterocycles. The van der Waals surface area contributed by atoms with Crippen LogP contribution in [0.5, 0.6) is 11.8 Å². The van der Waals surface area contributed by atoms with Crippen LogP contribution in [0, 0.1) is 18.2 Å². The van der Waals surface area contributed by atoms with Gasteiger partial charge in [0.2, 0.25) is 5.69 Å². The molecule has 9 nitrogen and oxygen atoms in total. The van der Waals surface area contributed by atoms with E-state index in [4.69, 9.17) is 38.1 Å². The highest BCUT2D eigenvalue weighted by Gasteiger charge is 2.47. The van der Waals surface area contributed by atoms with Crippen molar-refractivity contribution in [3.05, 3.63) is 52.4 Å². The second kappa shape index (κ2) is 12.0. The van der Waals surface area contributed by atoms with E-state index in [2.05, 4.69) is 26.3 Å². The van der Waals surface area contributed by atoms with Gasteiger partial charge in [0, 0.05) is 31.1 Å². The monoisotopic (exact) mass is 688 g/mol. The summed E-state index contributed by atoms with van der Waals surface area (Å²) in [5.41, 5.74) is 6.29. The van der Waals surface area contributed by atoms with Crippen molar-refractivity contribution in [2.24, 2.45) is 0 Å². The van der Waals surface area contributed by atoms with Gasteiger partial charge in [-0.1, -0.05) is 29.8 Å². The molecular weight excluding hydrogens is 660 g/mol. The Balaban J connectivity index is 1.47. The second-order valence-electron chi connectivity index (χ2n) is 12.0. The summed E-state index contributed by atoms with van der Waals surface area (Å²) in [6, 6.07) is 0.704.